The van der Waals surface area contributed by atoms with E-state index in [1.165, 1.54) is 7.11 Å². The maximum Gasteiger partial charge on any atom is 0.108 e. The van der Waals surface area contributed by atoms with Gasteiger partial charge in [0.2, 0.25) is 0 Å². The van der Waals surface area contributed by atoms with E-state index in [0.29, 0.717) is 19.6 Å². The van der Waals surface area contributed by atoms with Crippen LogP contribution in [-0.2, 0) is 4.74 Å². The van der Waals surface area contributed by atoms with Crippen LogP contribution in [0.4, 0.5) is 0 Å². The van der Waals surface area contributed by atoms with Gasteiger partial charge < -0.3 is 25.0 Å². The zero-order chi connectivity index (χ0) is 14.8. The number of azide groups is 1. The molecule has 0 saturated carbocycles. The fraction of sp³-hybridized carbons (Fsp3) is 1.00. The highest BCUT2D eigenvalue weighted by atomic mass is 16.5. The third kappa shape index (κ3) is 7.31. The summed E-state index contributed by atoms with van der Waals surface area (Å²) in [5, 5.41) is 32.6. The van der Waals surface area contributed by atoms with E-state index in [-0.39, 0.29) is 12.5 Å². The molecule has 112 valence electrons. The maximum atomic E-state index is 9.93. The summed E-state index contributed by atoms with van der Waals surface area (Å²) in [5.74, 6) is -0.238. The summed E-state index contributed by atoms with van der Waals surface area (Å²) in [6.07, 6.45) is -3.41. The topological polar surface area (TPSA) is 122 Å². The second-order valence-electron chi connectivity index (χ2n) is 4.70. The van der Waals surface area contributed by atoms with E-state index >= 15 is 0 Å². The normalized spacial score (nSPS) is 17.6. The first kappa shape index (κ1) is 18.1. The number of aliphatic hydroxyl groups excluding tert-OH is 3. The third-order valence-corrected chi connectivity index (χ3v) is 2.91. The van der Waals surface area contributed by atoms with Gasteiger partial charge in [0, 0.05) is 31.7 Å². The van der Waals surface area contributed by atoms with Crippen molar-refractivity contribution in [3.63, 3.8) is 0 Å². The predicted molar refractivity (Wildman–Crippen MR) is 70.6 cm³/mol. The number of nitrogens with zero attached hydrogens (tertiary/aromatic N) is 4. The predicted octanol–water partition coefficient (Wildman–Crippen LogP) is -0.406. The lowest BCUT2D eigenvalue weighted by molar-refractivity contribution is -0.0992. The molecule has 0 rings (SSSR count). The van der Waals surface area contributed by atoms with Crippen LogP contribution in [-0.4, -0.2) is 78.9 Å². The summed E-state index contributed by atoms with van der Waals surface area (Å²) in [5.41, 5.74) is 8.16. The minimum atomic E-state index is -1.25. The van der Waals surface area contributed by atoms with Crippen molar-refractivity contribution in [1.82, 2.24) is 4.90 Å². The lowest BCUT2D eigenvalue weighted by Crippen LogP contribution is -2.45. The zero-order valence-electron chi connectivity index (χ0n) is 11.7. The molecule has 0 aliphatic rings. The molecule has 0 heterocycles. The van der Waals surface area contributed by atoms with Gasteiger partial charge in [-0.15, -0.1) is 0 Å². The van der Waals surface area contributed by atoms with Gasteiger partial charge in [-0.25, -0.2) is 0 Å². The van der Waals surface area contributed by atoms with Gasteiger partial charge in [0.25, 0.3) is 0 Å². The summed E-state index contributed by atoms with van der Waals surface area (Å²) in [6.45, 7) is 3.18. The van der Waals surface area contributed by atoms with Crippen molar-refractivity contribution >= 4 is 0 Å². The zero-order valence-corrected chi connectivity index (χ0v) is 11.7. The number of hydrogen-bond donors (Lipinski definition) is 3. The Morgan fingerprint density at radius 1 is 1.32 bits per heavy atom. The van der Waals surface area contributed by atoms with Gasteiger partial charge >= 0.3 is 0 Å². The number of methoxy groups -OCH3 is 1. The molecule has 0 aliphatic carbocycles. The average Bonchev–Trinajstić information content (AvgIpc) is 2.37. The summed E-state index contributed by atoms with van der Waals surface area (Å²) >= 11 is 0. The van der Waals surface area contributed by atoms with Crippen molar-refractivity contribution in [2.45, 2.75) is 25.2 Å². The molecule has 0 saturated heterocycles. The Balaban J connectivity index is 4.16. The summed E-state index contributed by atoms with van der Waals surface area (Å²) in [7, 11) is 3.24. The minimum Gasteiger partial charge on any atom is -0.390 e. The van der Waals surface area contributed by atoms with E-state index < -0.39 is 18.3 Å². The molecule has 3 N–H and O–H groups in total. The number of rotatable bonds is 10. The highest BCUT2D eigenvalue weighted by Gasteiger charge is 2.29. The van der Waals surface area contributed by atoms with Crippen LogP contribution in [0, 0.1) is 5.92 Å². The molecule has 8 heteroatoms. The van der Waals surface area contributed by atoms with Crippen molar-refractivity contribution in [1.29, 1.82) is 0 Å². The molecule has 8 nitrogen and oxygen atoms in total. The van der Waals surface area contributed by atoms with Gasteiger partial charge in [-0.1, -0.05) is 12.0 Å². The molecular weight excluding hydrogens is 252 g/mol. The van der Waals surface area contributed by atoms with Crippen LogP contribution in [0.25, 0.3) is 10.4 Å². The van der Waals surface area contributed by atoms with Gasteiger partial charge in [-0.05, 0) is 18.5 Å². The first-order valence-electron chi connectivity index (χ1n) is 6.16. The summed E-state index contributed by atoms with van der Waals surface area (Å²) in [6, 6.07) is 0. The number of aliphatic hydroxyl groups is 3. The number of likely N-dealkylation sites (N-methyl/N-ethyl adjacent to an activating group) is 1. The SMILES string of the molecule is COCC(O)[C@@H](O)[C@H](O)C(C)CN(C)CCN=[N+]=[N-]. The van der Waals surface area contributed by atoms with Crippen LogP contribution < -0.4 is 0 Å². The smallest absolute Gasteiger partial charge is 0.108 e. The summed E-state index contributed by atoms with van der Waals surface area (Å²) < 4.78 is 4.72. The van der Waals surface area contributed by atoms with Crippen molar-refractivity contribution in [2.75, 3.05) is 40.4 Å². The number of hydrogen-bond acceptors (Lipinski definition) is 6. The van der Waals surface area contributed by atoms with Crippen molar-refractivity contribution < 1.29 is 20.1 Å². The molecule has 0 aromatic heterocycles. The van der Waals surface area contributed by atoms with Crippen LogP contribution in [0.15, 0.2) is 5.11 Å². The molecule has 0 fully saturated rings. The van der Waals surface area contributed by atoms with E-state index in [1.807, 2.05) is 11.9 Å². The third-order valence-electron chi connectivity index (χ3n) is 2.91. The van der Waals surface area contributed by atoms with Crippen LogP contribution in [0.2, 0.25) is 0 Å². The Morgan fingerprint density at radius 3 is 2.47 bits per heavy atom. The number of ether oxygens (including phenoxy) is 1. The minimum absolute atomic E-state index is 0.0301. The Hall–Kier alpha value is -0.890. The molecule has 4 atom stereocenters. The van der Waals surface area contributed by atoms with Gasteiger partial charge in [0.1, 0.15) is 12.2 Å². The van der Waals surface area contributed by atoms with E-state index in [4.69, 9.17) is 10.3 Å². The fourth-order valence-corrected chi connectivity index (χ4v) is 1.78. The molecule has 0 bridgehead atoms. The molecule has 0 radical (unpaired) electrons. The van der Waals surface area contributed by atoms with Crippen LogP contribution in [0.5, 0.6) is 0 Å². The Morgan fingerprint density at radius 2 is 1.95 bits per heavy atom. The average molecular weight is 276 g/mol. The monoisotopic (exact) mass is 276 g/mol. The van der Waals surface area contributed by atoms with Crippen molar-refractivity contribution in [3.8, 4) is 0 Å². The second-order valence-corrected chi connectivity index (χ2v) is 4.70. The van der Waals surface area contributed by atoms with E-state index in [0.717, 1.165) is 0 Å². The van der Waals surface area contributed by atoms with E-state index in [2.05, 4.69) is 10.0 Å². The van der Waals surface area contributed by atoms with Gasteiger partial charge in [0.15, 0.2) is 0 Å². The Kier molecular flexibility index (Phi) is 9.50. The van der Waals surface area contributed by atoms with Crippen LogP contribution >= 0.6 is 0 Å². The van der Waals surface area contributed by atoms with E-state index in [1.54, 1.807) is 6.92 Å². The largest absolute Gasteiger partial charge is 0.390 e. The molecule has 0 aliphatic heterocycles. The van der Waals surface area contributed by atoms with Crippen molar-refractivity contribution in [2.24, 2.45) is 11.0 Å². The standard InChI is InChI=1S/C11H24N4O4/c1-8(6-15(2)5-4-13-14-12)10(17)11(18)9(16)7-19-3/h8-11,16-18H,4-7H2,1-3H3/t8?,9?,10-,11-/m1/s1. The van der Waals surface area contributed by atoms with Gasteiger partial charge in [-0.2, -0.15) is 0 Å². The van der Waals surface area contributed by atoms with Crippen molar-refractivity contribution in [3.05, 3.63) is 10.4 Å². The highest BCUT2D eigenvalue weighted by molar-refractivity contribution is 4.80. The van der Waals surface area contributed by atoms with Gasteiger partial charge in [0.05, 0.1) is 12.7 Å². The van der Waals surface area contributed by atoms with E-state index in [9.17, 15) is 15.3 Å². The Labute approximate surface area is 113 Å². The molecule has 0 aromatic rings. The highest BCUT2D eigenvalue weighted by Crippen LogP contribution is 2.12. The molecule has 2 unspecified atom stereocenters. The second kappa shape index (κ2) is 9.96. The molecule has 19 heavy (non-hydrogen) atoms. The Bertz CT molecular complexity index is 286. The quantitative estimate of drug-likeness (QED) is 0.284. The van der Waals surface area contributed by atoms with Crippen LogP contribution in [0.1, 0.15) is 6.92 Å². The lowest BCUT2D eigenvalue weighted by atomic mass is 9.96. The van der Waals surface area contributed by atoms with Crippen LogP contribution in [0.3, 0.4) is 0 Å². The first-order chi connectivity index (χ1) is 8.93. The maximum absolute atomic E-state index is 9.93. The summed E-state index contributed by atoms with van der Waals surface area (Å²) in [4.78, 5) is 4.54. The molecule has 0 aromatic carbocycles. The fourth-order valence-electron chi connectivity index (χ4n) is 1.78. The van der Waals surface area contributed by atoms with Gasteiger partial charge in [-0.3, -0.25) is 0 Å². The first-order valence-corrected chi connectivity index (χ1v) is 6.16. The molecule has 0 amide bonds. The lowest BCUT2D eigenvalue weighted by Gasteiger charge is -2.29. The molecular formula is C11H24N4O4. The molecule has 0 spiro atoms.